The molecule has 2 heterocycles. The highest BCUT2D eigenvalue weighted by Crippen LogP contribution is 2.18. The zero-order valence-electron chi connectivity index (χ0n) is 10.4. The lowest BCUT2D eigenvalue weighted by Crippen LogP contribution is -2.21. The van der Waals surface area contributed by atoms with Gasteiger partial charge in [-0.05, 0) is 26.0 Å². The first-order valence-corrected chi connectivity index (χ1v) is 7.15. The van der Waals surface area contributed by atoms with E-state index >= 15 is 0 Å². The molecule has 0 aliphatic heterocycles. The summed E-state index contributed by atoms with van der Waals surface area (Å²) in [5, 5.41) is 12.3. The molecule has 0 bridgehead atoms. The van der Waals surface area contributed by atoms with Gasteiger partial charge in [0.15, 0.2) is 0 Å². The maximum Gasteiger partial charge on any atom is 0.347 e. The highest BCUT2D eigenvalue weighted by molar-refractivity contribution is 7.14. The van der Waals surface area contributed by atoms with E-state index in [-0.39, 0.29) is 17.3 Å². The molecule has 2 aromatic rings. The van der Waals surface area contributed by atoms with E-state index in [0.717, 1.165) is 16.2 Å². The summed E-state index contributed by atoms with van der Waals surface area (Å²) >= 11 is 2.51. The minimum atomic E-state index is -0.985. The molecule has 0 aliphatic carbocycles. The van der Waals surface area contributed by atoms with Crippen LogP contribution in [0.1, 0.15) is 34.9 Å². The Balaban J connectivity index is 2.01. The van der Waals surface area contributed by atoms with Crippen molar-refractivity contribution in [3.05, 3.63) is 37.5 Å². The topological polar surface area (TPSA) is 79.3 Å². The van der Waals surface area contributed by atoms with E-state index in [0.29, 0.717) is 15.6 Å². The van der Waals surface area contributed by atoms with Crippen LogP contribution in [-0.4, -0.2) is 22.0 Å². The van der Waals surface area contributed by atoms with Crippen molar-refractivity contribution in [1.29, 1.82) is 0 Å². The summed E-state index contributed by atoms with van der Waals surface area (Å²) in [6.07, 6.45) is 0. The number of carboxylic acids is 1. The van der Waals surface area contributed by atoms with Crippen LogP contribution in [0, 0.1) is 13.8 Å². The predicted molar refractivity (Wildman–Crippen MR) is 74.0 cm³/mol. The van der Waals surface area contributed by atoms with Crippen molar-refractivity contribution in [2.24, 2.45) is 0 Å². The number of nitrogens with zero attached hydrogens (tertiary/aromatic N) is 1. The number of hydrogen-bond acceptors (Lipinski definition) is 5. The Morgan fingerprint density at radius 2 is 2.05 bits per heavy atom. The maximum atomic E-state index is 11.8. The zero-order valence-corrected chi connectivity index (χ0v) is 12.0. The second kappa shape index (κ2) is 5.50. The molecule has 0 saturated heterocycles. The van der Waals surface area contributed by atoms with Crippen LogP contribution in [0.5, 0.6) is 0 Å². The van der Waals surface area contributed by atoms with Crippen LogP contribution >= 0.6 is 22.7 Å². The van der Waals surface area contributed by atoms with Gasteiger partial charge in [0.05, 0.1) is 17.1 Å². The highest BCUT2D eigenvalue weighted by Gasteiger charge is 2.15. The fraction of sp³-hybridized carbons (Fsp3) is 0.250. The molecular formula is C12H12N2O3S2. The third-order valence-corrected chi connectivity index (χ3v) is 4.54. The molecule has 2 N–H and O–H groups in total. The van der Waals surface area contributed by atoms with E-state index in [1.807, 2.05) is 13.0 Å². The standard InChI is InChI=1S/C12H12N2O3S2/c1-6-3-4-8(18-6)11(15)13-5-9-14-7(2)10(19-9)12(16)17/h3-4H,5H2,1-2H3,(H,13,15)(H,16,17). The average Bonchev–Trinajstić information content (AvgIpc) is 2.92. The van der Waals surface area contributed by atoms with Crippen molar-refractivity contribution in [3.8, 4) is 0 Å². The minimum absolute atomic E-state index is 0.164. The third kappa shape index (κ3) is 3.18. The SMILES string of the molecule is Cc1ccc(C(=O)NCc2nc(C)c(C(=O)O)s2)s1. The average molecular weight is 296 g/mol. The fourth-order valence-corrected chi connectivity index (χ4v) is 3.15. The molecule has 0 unspecified atom stereocenters. The van der Waals surface area contributed by atoms with E-state index in [2.05, 4.69) is 10.3 Å². The first kappa shape index (κ1) is 13.7. The van der Waals surface area contributed by atoms with Crippen LogP contribution in [0.4, 0.5) is 0 Å². The van der Waals surface area contributed by atoms with Crippen LogP contribution in [0.25, 0.3) is 0 Å². The molecule has 2 rings (SSSR count). The molecule has 7 heteroatoms. The van der Waals surface area contributed by atoms with Crippen molar-refractivity contribution < 1.29 is 14.7 Å². The Hall–Kier alpha value is -1.73. The molecule has 0 saturated carbocycles. The van der Waals surface area contributed by atoms with E-state index < -0.39 is 5.97 Å². The number of carboxylic acid groups (broad SMARTS) is 1. The van der Waals surface area contributed by atoms with Gasteiger partial charge in [-0.1, -0.05) is 0 Å². The molecule has 0 spiro atoms. The summed E-state index contributed by atoms with van der Waals surface area (Å²) in [4.78, 5) is 28.8. The van der Waals surface area contributed by atoms with Gasteiger partial charge in [0.1, 0.15) is 9.88 Å². The molecule has 1 amide bonds. The fourth-order valence-electron chi connectivity index (χ4n) is 1.53. The Bertz CT molecular complexity index is 631. The van der Waals surface area contributed by atoms with Gasteiger partial charge in [0, 0.05) is 4.88 Å². The van der Waals surface area contributed by atoms with Gasteiger partial charge in [0.25, 0.3) is 5.91 Å². The Labute approximate surface area is 117 Å². The number of aryl methyl sites for hydroxylation is 2. The van der Waals surface area contributed by atoms with Crippen molar-refractivity contribution in [2.45, 2.75) is 20.4 Å². The Morgan fingerprint density at radius 1 is 1.32 bits per heavy atom. The minimum Gasteiger partial charge on any atom is -0.477 e. The molecule has 0 radical (unpaired) electrons. The third-order valence-electron chi connectivity index (χ3n) is 2.40. The maximum absolute atomic E-state index is 11.8. The first-order valence-electron chi connectivity index (χ1n) is 5.51. The van der Waals surface area contributed by atoms with Crippen LogP contribution in [-0.2, 0) is 6.54 Å². The van der Waals surface area contributed by atoms with Gasteiger partial charge in [0.2, 0.25) is 0 Å². The van der Waals surface area contributed by atoms with Crippen molar-refractivity contribution >= 4 is 34.6 Å². The number of rotatable bonds is 4. The lowest BCUT2D eigenvalue weighted by Gasteiger charge is -1.99. The number of aromatic nitrogens is 1. The lowest BCUT2D eigenvalue weighted by atomic mass is 10.4. The number of aromatic carboxylic acids is 1. The smallest absolute Gasteiger partial charge is 0.347 e. The van der Waals surface area contributed by atoms with Crippen molar-refractivity contribution in [3.63, 3.8) is 0 Å². The molecule has 0 fully saturated rings. The Kier molecular flexibility index (Phi) is 3.96. The van der Waals surface area contributed by atoms with Gasteiger partial charge in [-0.25, -0.2) is 9.78 Å². The largest absolute Gasteiger partial charge is 0.477 e. The van der Waals surface area contributed by atoms with Crippen LogP contribution in [0.3, 0.4) is 0 Å². The van der Waals surface area contributed by atoms with E-state index in [1.54, 1.807) is 13.0 Å². The van der Waals surface area contributed by atoms with Crippen LogP contribution < -0.4 is 5.32 Å². The molecular weight excluding hydrogens is 284 g/mol. The molecule has 2 aromatic heterocycles. The molecule has 0 aromatic carbocycles. The van der Waals surface area contributed by atoms with E-state index in [4.69, 9.17) is 5.11 Å². The summed E-state index contributed by atoms with van der Waals surface area (Å²) in [5.74, 6) is -1.15. The van der Waals surface area contributed by atoms with Gasteiger partial charge in [-0.2, -0.15) is 0 Å². The van der Waals surface area contributed by atoms with Crippen LogP contribution in [0.15, 0.2) is 12.1 Å². The van der Waals surface area contributed by atoms with Gasteiger partial charge in [-0.3, -0.25) is 4.79 Å². The number of hydrogen-bond donors (Lipinski definition) is 2. The number of nitrogens with one attached hydrogen (secondary N) is 1. The number of thiazole rings is 1. The predicted octanol–water partition coefficient (Wildman–Crippen LogP) is 2.45. The van der Waals surface area contributed by atoms with Crippen molar-refractivity contribution in [1.82, 2.24) is 10.3 Å². The second-order valence-electron chi connectivity index (χ2n) is 3.92. The zero-order chi connectivity index (χ0) is 14.0. The molecule has 100 valence electrons. The number of thiophene rings is 1. The van der Waals surface area contributed by atoms with E-state index in [1.165, 1.54) is 11.3 Å². The van der Waals surface area contributed by atoms with Crippen LogP contribution in [0.2, 0.25) is 0 Å². The van der Waals surface area contributed by atoms with Gasteiger partial charge < -0.3 is 10.4 Å². The summed E-state index contributed by atoms with van der Waals surface area (Å²) in [7, 11) is 0. The number of carbonyl (C=O) groups is 2. The molecule has 0 aliphatic rings. The second-order valence-corrected chi connectivity index (χ2v) is 6.29. The van der Waals surface area contributed by atoms with Crippen molar-refractivity contribution in [2.75, 3.05) is 0 Å². The molecule has 0 atom stereocenters. The monoisotopic (exact) mass is 296 g/mol. The number of amides is 1. The van der Waals surface area contributed by atoms with E-state index in [9.17, 15) is 9.59 Å². The lowest BCUT2D eigenvalue weighted by molar-refractivity contribution is 0.0701. The molecule has 19 heavy (non-hydrogen) atoms. The van der Waals surface area contributed by atoms with Gasteiger partial charge in [-0.15, -0.1) is 22.7 Å². The Morgan fingerprint density at radius 3 is 2.58 bits per heavy atom. The summed E-state index contributed by atoms with van der Waals surface area (Å²) in [5.41, 5.74) is 0.480. The normalized spacial score (nSPS) is 10.4. The highest BCUT2D eigenvalue weighted by atomic mass is 32.1. The summed E-state index contributed by atoms with van der Waals surface area (Å²) in [6.45, 7) is 3.83. The quantitative estimate of drug-likeness (QED) is 0.908. The summed E-state index contributed by atoms with van der Waals surface area (Å²) in [6, 6.07) is 3.65. The molecule has 5 nitrogen and oxygen atoms in total. The summed E-state index contributed by atoms with van der Waals surface area (Å²) < 4.78 is 0. The van der Waals surface area contributed by atoms with Gasteiger partial charge >= 0.3 is 5.97 Å². The number of carbonyl (C=O) groups excluding carboxylic acids is 1. The first-order chi connectivity index (χ1) is 8.97.